The molecule has 2 amide bonds. The van der Waals surface area contributed by atoms with Crippen LogP contribution in [0.5, 0.6) is 0 Å². The summed E-state index contributed by atoms with van der Waals surface area (Å²) in [6.07, 6.45) is 1.38. The van der Waals surface area contributed by atoms with Gasteiger partial charge in [-0.2, -0.15) is 0 Å². The minimum atomic E-state index is -0.187. The normalized spacial score (nSPS) is 16.7. The fourth-order valence-electron chi connectivity index (χ4n) is 3.05. The molecule has 0 radical (unpaired) electrons. The van der Waals surface area contributed by atoms with Crippen LogP contribution in [-0.2, 0) is 11.2 Å². The van der Waals surface area contributed by atoms with E-state index < -0.39 is 0 Å². The average molecular weight is 399 g/mol. The number of hydrogen-bond donors (Lipinski definition) is 1. The van der Waals surface area contributed by atoms with Crippen LogP contribution < -0.4 is 10.2 Å². The number of anilines is 2. The molecule has 2 aromatic heterocycles. The lowest BCUT2D eigenvalue weighted by atomic mass is 10.1. The molecule has 1 fully saturated rings. The molecule has 138 valence electrons. The van der Waals surface area contributed by atoms with Crippen LogP contribution in [0, 0.1) is 0 Å². The Morgan fingerprint density at radius 3 is 2.78 bits per heavy atom. The van der Waals surface area contributed by atoms with Crippen molar-refractivity contribution in [2.45, 2.75) is 25.7 Å². The lowest BCUT2D eigenvalue weighted by Gasteiger charge is -2.16. The van der Waals surface area contributed by atoms with E-state index in [0.29, 0.717) is 23.0 Å². The topological polar surface area (TPSA) is 75.2 Å². The van der Waals surface area contributed by atoms with Gasteiger partial charge in [-0.15, -0.1) is 21.5 Å². The molecule has 8 heteroatoms. The highest BCUT2D eigenvalue weighted by Crippen LogP contribution is 2.34. The van der Waals surface area contributed by atoms with Crippen molar-refractivity contribution in [1.29, 1.82) is 0 Å². The molecule has 3 aromatic rings. The molecule has 1 aliphatic rings. The third-order valence-electron chi connectivity index (χ3n) is 4.54. The second-order valence-corrected chi connectivity index (χ2v) is 8.26. The van der Waals surface area contributed by atoms with E-state index in [1.165, 1.54) is 28.2 Å². The molecule has 1 N–H and O–H groups in total. The maximum absolute atomic E-state index is 12.5. The van der Waals surface area contributed by atoms with Gasteiger partial charge in [-0.3, -0.25) is 14.9 Å². The second kappa shape index (κ2) is 7.58. The van der Waals surface area contributed by atoms with Gasteiger partial charge in [0.2, 0.25) is 11.0 Å². The monoisotopic (exact) mass is 398 g/mol. The van der Waals surface area contributed by atoms with Gasteiger partial charge in [-0.1, -0.05) is 36.5 Å². The Kier molecular flexibility index (Phi) is 5.00. The molecule has 0 bridgehead atoms. The number of carbonyl (C=O) groups is 2. The third-order valence-corrected chi connectivity index (χ3v) is 6.41. The average Bonchev–Trinajstić information content (AvgIpc) is 3.42. The molecule has 4 rings (SSSR count). The van der Waals surface area contributed by atoms with E-state index in [2.05, 4.69) is 34.6 Å². The van der Waals surface area contributed by atoms with Gasteiger partial charge in [0, 0.05) is 24.6 Å². The first-order valence-corrected chi connectivity index (χ1v) is 10.4. The van der Waals surface area contributed by atoms with Crippen LogP contribution >= 0.6 is 22.7 Å². The van der Waals surface area contributed by atoms with Crippen LogP contribution in [-0.4, -0.2) is 28.6 Å². The molecule has 1 atom stereocenters. The summed E-state index contributed by atoms with van der Waals surface area (Å²) in [6, 6.07) is 11.7. The zero-order chi connectivity index (χ0) is 18.8. The van der Waals surface area contributed by atoms with E-state index in [1.54, 1.807) is 11.0 Å². The molecule has 27 heavy (non-hydrogen) atoms. The number of rotatable bonds is 5. The van der Waals surface area contributed by atoms with E-state index in [-0.39, 0.29) is 17.7 Å². The number of carbonyl (C=O) groups excluding carboxylic acids is 2. The molecular formula is C19H18N4O2S2. The summed E-state index contributed by atoms with van der Waals surface area (Å²) in [6.45, 7) is 2.69. The first-order valence-electron chi connectivity index (χ1n) is 8.71. The van der Waals surface area contributed by atoms with E-state index in [0.717, 1.165) is 17.1 Å². The van der Waals surface area contributed by atoms with Crippen LogP contribution in [0.15, 0.2) is 41.8 Å². The molecule has 1 aliphatic heterocycles. The zero-order valence-electron chi connectivity index (χ0n) is 14.7. The summed E-state index contributed by atoms with van der Waals surface area (Å²) in [5, 5.41) is 14.1. The van der Waals surface area contributed by atoms with Gasteiger partial charge in [-0.05, 0) is 35.6 Å². The molecule has 6 nitrogen and oxygen atoms in total. The maximum Gasteiger partial charge on any atom is 0.267 e. The molecular weight excluding hydrogens is 380 g/mol. The molecule has 1 aromatic carbocycles. The Hall–Kier alpha value is -2.58. The van der Waals surface area contributed by atoms with Crippen LogP contribution in [0.2, 0.25) is 0 Å². The maximum atomic E-state index is 12.5. The highest BCUT2D eigenvalue weighted by atomic mass is 32.1. The minimum Gasteiger partial charge on any atom is -0.312 e. The van der Waals surface area contributed by atoms with E-state index >= 15 is 0 Å². The number of aromatic nitrogens is 2. The number of amides is 2. The summed E-state index contributed by atoms with van der Waals surface area (Å²) < 4.78 is 0. The molecule has 0 spiro atoms. The quantitative estimate of drug-likeness (QED) is 0.706. The Morgan fingerprint density at radius 2 is 2.07 bits per heavy atom. The Bertz CT molecular complexity index is 951. The van der Waals surface area contributed by atoms with Gasteiger partial charge in [0.1, 0.15) is 5.01 Å². The number of nitrogens with one attached hydrogen (secondary N) is 1. The van der Waals surface area contributed by atoms with Crippen molar-refractivity contribution >= 4 is 45.3 Å². The smallest absolute Gasteiger partial charge is 0.267 e. The molecule has 0 saturated carbocycles. The number of nitrogens with zero attached hydrogens (tertiary/aromatic N) is 3. The Balaban J connectivity index is 1.44. The van der Waals surface area contributed by atoms with Crippen molar-refractivity contribution in [2.24, 2.45) is 0 Å². The van der Waals surface area contributed by atoms with Crippen LogP contribution in [0.1, 0.15) is 39.5 Å². The second-order valence-electron chi connectivity index (χ2n) is 6.30. The predicted octanol–water partition coefficient (Wildman–Crippen LogP) is 3.93. The van der Waals surface area contributed by atoms with E-state index in [4.69, 9.17) is 0 Å². The van der Waals surface area contributed by atoms with Crippen molar-refractivity contribution in [3.05, 3.63) is 57.2 Å². The fourth-order valence-corrected chi connectivity index (χ4v) is 4.50. The van der Waals surface area contributed by atoms with Crippen molar-refractivity contribution in [1.82, 2.24) is 10.2 Å². The zero-order valence-corrected chi connectivity index (χ0v) is 16.3. The summed E-state index contributed by atoms with van der Waals surface area (Å²) >= 11 is 2.71. The van der Waals surface area contributed by atoms with Crippen LogP contribution in [0.3, 0.4) is 0 Å². The summed E-state index contributed by atoms with van der Waals surface area (Å²) in [5.41, 5.74) is 2.16. The third kappa shape index (κ3) is 3.77. The standard InChI is InChI=1S/C19H18N4O2S2/c1-2-12-5-7-14(8-6-12)23-11-13(10-16(23)24)18-21-22-19(27-18)20-17(25)15-4-3-9-26-15/h3-9,13H,2,10-11H2,1H3,(H,20,22,25). The molecule has 1 saturated heterocycles. The van der Waals surface area contributed by atoms with Gasteiger partial charge in [0.15, 0.2) is 0 Å². The Labute approximate surface area is 164 Å². The van der Waals surface area contributed by atoms with Crippen molar-refractivity contribution in [2.75, 3.05) is 16.8 Å². The van der Waals surface area contributed by atoms with Gasteiger partial charge in [0.25, 0.3) is 5.91 Å². The Morgan fingerprint density at radius 1 is 1.26 bits per heavy atom. The van der Waals surface area contributed by atoms with Gasteiger partial charge in [0.05, 0.1) is 4.88 Å². The highest BCUT2D eigenvalue weighted by Gasteiger charge is 2.34. The van der Waals surface area contributed by atoms with Gasteiger partial charge in [-0.25, -0.2) is 0 Å². The van der Waals surface area contributed by atoms with Crippen LogP contribution in [0.25, 0.3) is 0 Å². The first-order chi connectivity index (χ1) is 13.1. The van der Waals surface area contributed by atoms with Crippen LogP contribution in [0.4, 0.5) is 10.8 Å². The molecule has 1 unspecified atom stereocenters. The number of aryl methyl sites for hydroxylation is 1. The van der Waals surface area contributed by atoms with Crippen molar-refractivity contribution in [3.63, 3.8) is 0 Å². The lowest BCUT2D eigenvalue weighted by Crippen LogP contribution is -2.24. The van der Waals surface area contributed by atoms with Gasteiger partial charge < -0.3 is 4.90 Å². The van der Waals surface area contributed by atoms with Crippen molar-refractivity contribution < 1.29 is 9.59 Å². The summed E-state index contributed by atoms with van der Waals surface area (Å²) in [7, 11) is 0. The summed E-state index contributed by atoms with van der Waals surface area (Å²) in [5.74, 6) is -0.107. The first kappa shape index (κ1) is 17.8. The lowest BCUT2D eigenvalue weighted by molar-refractivity contribution is -0.117. The highest BCUT2D eigenvalue weighted by molar-refractivity contribution is 7.15. The van der Waals surface area contributed by atoms with E-state index in [9.17, 15) is 9.59 Å². The molecule has 3 heterocycles. The largest absolute Gasteiger partial charge is 0.312 e. The minimum absolute atomic E-state index is 0.00626. The summed E-state index contributed by atoms with van der Waals surface area (Å²) in [4.78, 5) is 27.0. The number of benzene rings is 1. The van der Waals surface area contributed by atoms with Gasteiger partial charge >= 0.3 is 0 Å². The van der Waals surface area contributed by atoms with E-state index in [1.807, 2.05) is 23.6 Å². The van der Waals surface area contributed by atoms with Crippen molar-refractivity contribution in [3.8, 4) is 0 Å². The predicted molar refractivity (Wildman–Crippen MR) is 108 cm³/mol. The SMILES string of the molecule is CCc1ccc(N2CC(c3nnc(NC(=O)c4cccs4)s3)CC2=O)cc1. The number of hydrogen-bond acceptors (Lipinski definition) is 6. The fraction of sp³-hybridized carbons (Fsp3) is 0.263. The number of thiophene rings is 1. The molecule has 0 aliphatic carbocycles.